The number of aryl methyl sites for hydroxylation is 1. The molecule has 0 saturated carbocycles. The summed E-state index contributed by atoms with van der Waals surface area (Å²) >= 11 is 0. The highest BCUT2D eigenvalue weighted by molar-refractivity contribution is 7.92. The van der Waals surface area contributed by atoms with E-state index in [-0.39, 0.29) is 30.6 Å². The van der Waals surface area contributed by atoms with Gasteiger partial charge in [-0.05, 0) is 48.7 Å². The van der Waals surface area contributed by atoms with E-state index in [1.807, 2.05) is 0 Å². The molecule has 0 aliphatic carbocycles. The van der Waals surface area contributed by atoms with Crippen molar-refractivity contribution in [1.82, 2.24) is 10.6 Å². The van der Waals surface area contributed by atoms with Crippen LogP contribution in [0.5, 0.6) is 0 Å². The molecule has 1 amide bonds. The molecule has 3 N–H and O–H groups in total. The van der Waals surface area contributed by atoms with Gasteiger partial charge < -0.3 is 15.7 Å². The molecule has 2 unspecified atom stereocenters. The Morgan fingerprint density at radius 1 is 1.02 bits per heavy atom. The lowest BCUT2D eigenvalue weighted by Crippen LogP contribution is -2.54. The van der Waals surface area contributed by atoms with Crippen molar-refractivity contribution < 1.29 is 53.4 Å². The number of hydrogen-bond donors (Lipinski definition) is 3. The SMILES string of the molecule is O=C(C[C@@H]1CCc2cc(C(O)(C(F)(F)F)C(F)(F)F)ccc2N1S(=O)(=O)c1ccc(F)cc1)NC1CNCC1CF. The molecule has 4 rings (SSSR count). The fourth-order valence-electron chi connectivity index (χ4n) is 5.12. The normalized spacial score (nSPS) is 22.0. The van der Waals surface area contributed by atoms with Gasteiger partial charge in [0.1, 0.15) is 5.82 Å². The lowest BCUT2D eigenvalue weighted by atomic mass is 9.87. The number of nitrogens with one attached hydrogen (secondary N) is 2. The van der Waals surface area contributed by atoms with Crippen LogP contribution in [0.3, 0.4) is 0 Å². The number of aliphatic hydroxyl groups is 1. The molecule has 0 radical (unpaired) electrons. The molecule has 2 aromatic rings. The van der Waals surface area contributed by atoms with E-state index in [2.05, 4.69) is 10.6 Å². The van der Waals surface area contributed by atoms with Gasteiger partial charge in [0, 0.05) is 37.0 Å². The molecule has 2 aliphatic rings. The van der Waals surface area contributed by atoms with E-state index in [9.17, 15) is 53.4 Å². The molecule has 16 heteroatoms. The van der Waals surface area contributed by atoms with Crippen LogP contribution in [-0.2, 0) is 26.8 Å². The van der Waals surface area contributed by atoms with E-state index in [1.54, 1.807) is 0 Å². The molecule has 0 aromatic heterocycles. The minimum atomic E-state index is -6.15. The van der Waals surface area contributed by atoms with Crippen molar-refractivity contribution in [1.29, 1.82) is 0 Å². The second kappa shape index (κ2) is 11.0. The fourth-order valence-corrected chi connectivity index (χ4v) is 6.84. The van der Waals surface area contributed by atoms with Crippen molar-refractivity contribution >= 4 is 21.6 Å². The summed E-state index contributed by atoms with van der Waals surface area (Å²) in [6, 6.07) is 3.29. The highest BCUT2D eigenvalue weighted by Gasteiger charge is 2.71. The molecular weight excluding hydrogens is 590 g/mol. The summed E-state index contributed by atoms with van der Waals surface area (Å²) in [7, 11) is -4.63. The molecule has 2 heterocycles. The standard InChI is InChI=1S/C25H25F8N3O4S/c26-11-15-12-34-13-20(15)35-22(37)10-18-5-1-14-9-16(23(38,24(28,29)30)25(31,32)33)2-8-21(14)36(18)41(39,40)19-6-3-17(27)4-7-19/h2-4,6-9,15,18,20,34,38H,1,5,10-13H2,(H,35,37)/t15?,18-,20?/m0/s1. The zero-order chi connectivity index (χ0) is 30.4. The minimum Gasteiger partial charge on any atom is -0.369 e. The van der Waals surface area contributed by atoms with Crippen molar-refractivity contribution in [3.05, 3.63) is 59.4 Å². The van der Waals surface area contributed by atoms with Gasteiger partial charge in [-0.3, -0.25) is 13.5 Å². The smallest absolute Gasteiger partial charge is 0.369 e. The number of alkyl halides is 7. The highest BCUT2D eigenvalue weighted by Crippen LogP contribution is 2.51. The third kappa shape index (κ3) is 5.73. The van der Waals surface area contributed by atoms with Crippen molar-refractivity contribution in [3.63, 3.8) is 0 Å². The fraction of sp³-hybridized carbons (Fsp3) is 0.480. The molecule has 1 saturated heterocycles. The van der Waals surface area contributed by atoms with Gasteiger partial charge in [-0.25, -0.2) is 12.8 Å². The first-order valence-corrected chi connectivity index (χ1v) is 13.8. The summed E-state index contributed by atoms with van der Waals surface area (Å²) < 4.78 is 136. The van der Waals surface area contributed by atoms with Crippen molar-refractivity contribution in [2.75, 3.05) is 24.1 Å². The van der Waals surface area contributed by atoms with Gasteiger partial charge in [-0.15, -0.1) is 0 Å². The van der Waals surface area contributed by atoms with Gasteiger partial charge in [-0.1, -0.05) is 12.1 Å². The second-order valence-corrected chi connectivity index (χ2v) is 11.8. The zero-order valence-corrected chi connectivity index (χ0v) is 21.9. The Bertz CT molecular complexity index is 1370. The summed E-state index contributed by atoms with van der Waals surface area (Å²) in [6.07, 6.45) is -13.2. The van der Waals surface area contributed by atoms with E-state index in [0.717, 1.165) is 24.3 Å². The van der Waals surface area contributed by atoms with Crippen LogP contribution in [0.4, 0.5) is 40.8 Å². The largest absolute Gasteiger partial charge is 0.430 e. The average molecular weight is 616 g/mol. The van der Waals surface area contributed by atoms with E-state index in [0.29, 0.717) is 29.0 Å². The summed E-state index contributed by atoms with van der Waals surface area (Å²) in [5.74, 6) is -1.93. The number of carbonyl (C=O) groups is 1. The number of rotatable bonds is 7. The first-order valence-electron chi connectivity index (χ1n) is 12.4. The summed E-state index contributed by atoms with van der Waals surface area (Å²) in [4.78, 5) is 12.4. The molecular formula is C25H25F8N3O4S. The van der Waals surface area contributed by atoms with E-state index < -0.39 is 81.3 Å². The summed E-state index contributed by atoms with van der Waals surface area (Å²) in [5.41, 5.74) is -7.35. The van der Waals surface area contributed by atoms with Gasteiger partial charge in [0.25, 0.3) is 15.6 Å². The summed E-state index contributed by atoms with van der Waals surface area (Å²) in [5, 5.41) is 15.4. The first kappa shape index (κ1) is 31.0. The van der Waals surface area contributed by atoms with Gasteiger partial charge in [0.05, 0.1) is 23.3 Å². The number of hydrogen-bond acceptors (Lipinski definition) is 5. The number of halogens is 8. The third-order valence-electron chi connectivity index (χ3n) is 7.31. The van der Waals surface area contributed by atoms with Gasteiger partial charge >= 0.3 is 12.4 Å². The number of anilines is 1. The van der Waals surface area contributed by atoms with Crippen molar-refractivity contribution in [2.24, 2.45) is 5.92 Å². The number of nitrogens with zero attached hydrogens (tertiary/aromatic N) is 1. The number of benzene rings is 2. The average Bonchev–Trinajstić information content (AvgIpc) is 3.33. The Balaban J connectivity index is 1.76. The molecule has 41 heavy (non-hydrogen) atoms. The third-order valence-corrected chi connectivity index (χ3v) is 9.19. The topological polar surface area (TPSA) is 98.7 Å². The Kier molecular flexibility index (Phi) is 8.32. The predicted octanol–water partition coefficient (Wildman–Crippen LogP) is 3.71. The van der Waals surface area contributed by atoms with E-state index >= 15 is 0 Å². The molecule has 0 spiro atoms. The van der Waals surface area contributed by atoms with Crippen LogP contribution in [0.1, 0.15) is 24.0 Å². The minimum absolute atomic E-state index is 0.198. The molecule has 2 aromatic carbocycles. The molecule has 7 nitrogen and oxygen atoms in total. The highest BCUT2D eigenvalue weighted by atomic mass is 32.2. The number of carbonyl (C=O) groups excluding carboxylic acids is 1. The van der Waals surface area contributed by atoms with E-state index in [1.165, 1.54) is 0 Å². The molecule has 3 atom stereocenters. The maximum atomic E-state index is 13.7. The molecule has 2 aliphatic heterocycles. The van der Waals surface area contributed by atoms with Crippen LogP contribution in [-0.4, -0.2) is 63.6 Å². The summed E-state index contributed by atoms with van der Waals surface area (Å²) in [6.45, 7) is -0.131. The monoisotopic (exact) mass is 615 g/mol. The maximum absolute atomic E-state index is 13.7. The van der Waals surface area contributed by atoms with Crippen LogP contribution >= 0.6 is 0 Å². The first-order chi connectivity index (χ1) is 19.0. The van der Waals surface area contributed by atoms with Crippen LogP contribution in [0.15, 0.2) is 47.4 Å². The van der Waals surface area contributed by atoms with E-state index in [4.69, 9.17) is 0 Å². The Labute approximate surface area is 229 Å². The van der Waals surface area contributed by atoms with Crippen LogP contribution < -0.4 is 14.9 Å². The van der Waals surface area contributed by atoms with Gasteiger partial charge in [-0.2, -0.15) is 26.3 Å². The van der Waals surface area contributed by atoms with Gasteiger partial charge in [0.15, 0.2) is 0 Å². The second-order valence-electron chi connectivity index (χ2n) is 9.95. The lowest BCUT2D eigenvalue weighted by Gasteiger charge is -2.39. The maximum Gasteiger partial charge on any atom is 0.430 e. The molecule has 1 fully saturated rings. The quantitative estimate of drug-likeness (QED) is 0.413. The van der Waals surface area contributed by atoms with Crippen molar-refractivity contribution in [3.8, 4) is 0 Å². The van der Waals surface area contributed by atoms with Crippen LogP contribution in [0, 0.1) is 11.7 Å². The number of amides is 1. The zero-order valence-electron chi connectivity index (χ0n) is 21.1. The number of fused-ring (bicyclic) bond motifs is 1. The Hall–Kier alpha value is -2.98. The predicted molar refractivity (Wildman–Crippen MR) is 130 cm³/mol. The lowest BCUT2D eigenvalue weighted by molar-refractivity contribution is -0.376. The van der Waals surface area contributed by atoms with Crippen LogP contribution in [0.25, 0.3) is 0 Å². The molecule has 226 valence electrons. The van der Waals surface area contributed by atoms with Gasteiger partial charge in [0.2, 0.25) is 5.91 Å². The Morgan fingerprint density at radius 2 is 1.66 bits per heavy atom. The molecule has 0 bridgehead atoms. The van der Waals surface area contributed by atoms with Crippen LogP contribution in [0.2, 0.25) is 0 Å². The Morgan fingerprint density at radius 3 is 2.24 bits per heavy atom. The number of sulfonamides is 1. The van der Waals surface area contributed by atoms with Crippen molar-refractivity contribution in [2.45, 2.75) is 54.2 Å².